The maximum atomic E-state index is 15.7. The third kappa shape index (κ3) is 3.11. The lowest BCUT2D eigenvalue weighted by Gasteiger charge is -2.49. The first-order valence-electron chi connectivity index (χ1n) is 16.7. The van der Waals surface area contributed by atoms with E-state index in [9.17, 15) is 0 Å². The Hall–Kier alpha value is -4.45. The summed E-state index contributed by atoms with van der Waals surface area (Å²) >= 11 is 0. The SMILES string of the molecule is CC(C)(C)[Si](c1ccccc1)(c1ccccc1)N1Cc2c(c3c4c5c2c2ccccc2n5[C@H]2CC[C@H](O2)[C@@H]4c2ccccc2-3)C1=O. The van der Waals surface area contributed by atoms with Gasteiger partial charge in [0.25, 0.3) is 0 Å². The van der Waals surface area contributed by atoms with Gasteiger partial charge in [-0.1, -0.05) is 124 Å². The lowest BCUT2D eigenvalue weighted by atomic mass is 9.86. The number of hydrogen-bond donors (Lipinski definition) is 0. The fourth-order valence-corrected chi connectivity index (χ4v) is 15.7. The van der Waals surface area contributed by atoms with Crippen molar-refractivity contribution >= 4 is 46.3 Å². The first kappa shape index (κ1) is 26.7. The third-order valence-corrected chi connectivity index (χ3v) is 17.2. The van der Waals surface area contributed by atoms with Crippen LogP contribution in [0.2, 0.25) is 5.04 Å². The first-order chi connectivity index (χ1) is 22.4. The van der Waals surface area contributed by atoms with Crippen LogP contribution in [0.25, 0.3) is 32.9 Å². The number of carbonyl (C=O) groups is 1. The summed E-state index contributed by atoms with van der Waals surface area (Å²) in [5, 5.41) is 4.85. The Morgan fingerprint density at radius 1 is 0.761 bits per heavy atom. The molecule has 2 bridgehead atoms. The largest absolute Gasteiger partial charge is 0.354 e. The summed E-state index contributed by atoms with van der Waals surface area (Å²) < 4.78 is 11.8. The van der Waals surface area contributed by atoms with Crippen molar-refractivity contribution in [2.24, 2.45) is 0 Å². The lowest BCUT2D eigenvalue weighted by Crippen LogP contribution is -2.74. The van der Waals surface area contributed by atoms with Gasteiger partial charge in [0, 0.05) is 28.8 Å². The number of rotatable bonds is 3. The van der Waals surface area contributed by atoms with Crippen molar-refractivity contribution in [2.45, 2.75) is 63.4 Å². The van der Waals surface area contributed by atoms with Crippen LogP contribution in [-0.4, -0.2) is 29.4 Å². The van der Waals surface area contributed by atoms with E-state index in [1.165, 1.54) is 54.4 Å². The molecule has 0 N–H and O–H groups in total. The second-order valence-electron chi connectivity index (χ2n) is 14.6. The Bertz CT molecular complexity index is 2210. The van der Waals surface area contributed by atoms with Crippen LogP contribution in [0.5, 0.6) is 0 Å². The number of nitrogens with zero attached hydrogens (tertiary/aromatic N) is 2. The normalized spacial score (nSPS) is 21.2. The van der Waals surface area contributed by atoms with Gasteiger partial charge < -0.3 is 13.9 Å². The van der Waals surface area contributed by atoms with E-state index in [1.54, 1.807) is 0 Å². The number of ether oxygens (including phenoxy) is 1. The highest BCUT2D eigenvalue weighted by atomic mass is 28.3. The quantitative estimate of drug-likeness (QED) is 0.188. The minimum absolute atomic E-state index is 0.0113. The van der Waals surface area contributed by atoms with Gasteiger partial charge in [-0.3, -0.25) is 4.79 Å². The van der Waals surface area contributed by atoms with Crippen LogP contribution in [0.1, 0.15) is 72.8 Å². The van der Waals surface area contributed by atoms with Gasteiger partial charge in [-0.05, 0) is 56.6 Å². The Balaban J connectivity index is 1.36. The summed E-state index contributed by atoms with van der Waals surface area (Å²) in [6.07, 6.45) is 2.15. The average molecular weight is 617 g/mol. The van der Waals surface area contributed by atoms with Crippen molar-refractivity contribution in [3.63, 3.8) is 0 Å². The van der Waals surface area contributed by atoms with Crippen LogP contribution in [0.4, 0.5) is 0 Å². The molecule has 0 spiro atoms. The number of aromatic nitrogens is 1. The van der Waals surface area contributed by atoms with E-state index >= 15 is 4.79 Å². The molecule has 1 aromatic heterocycles. The zero-order valence-corrected chi connectivity index (χ0v) is 27.5. The summed E-state index contributed by atoms with van der Waals surface area (Å²) in [7, 11) is -2.92. The molecule has 3 atom stereocenters. The van der Waals surface area contributed by atoms with Crippen LogP contribution >= 0.6 is 0 Å². The number of amides is 1. The van der Waals surface area contributed by atoms with Crippen molar-refractivity contribution in [3.05, 3.63) is 131 Å². The molecule has 4 nitrogen and oxygen atoms in total. The topological polar surface area (TPSA) is 34.5 Å². The van der Waals surface area contributed by atoms with Gasteiger partial charge >= 0.3 is 0 Å². The molecule has 1 saturated heterocycles. The smallest absolute Gasteiger partial charge is 0.247 e. The number of fused-ring (bicyclic) bond motifs is 13. The number of carbonyl (C=O) groups excluding carboxylic acids is 1. The molecule has 1 fully saturated rings. The molecule has 3 aliphatic heterocycles. The molecule has 10 rings (SSSR count). The Labute approximate surface area is 270 Å². The van der Waals surface area contributed by atoms with Gasteiger partial charge in [0.15, 0.2) is 0 Å². The molecule has 6 aromatic rings. The molecular weight excluding hydrogens is 581 g/mol. The first-order valence-corrected chi connectivity index (χ1v) is 18.6. The molecular formula is C41H36N2O2Si. The highest BCUT2D eigenvalue weighted by Crippen LogP contribution is 2.60. The van der Waals surface area contributed by atoms with E-state index in [1.807, 2.05) is 0 Å². The molecule has 4 heterocycles. The molecule has 226 valence electrons. The number of para-hydroxylation sites is 1. The molecule has 0 radical (unpaired) electrons. The Morgan fingerprint density at radius 2 is 1.41 bits per heavy atom. The predicted octanol–water partition coefficient (Wildman–Crippen LogP) is 8.11. The van der Waals surface area contributed by atoms with E-state index in [4.69, 9.17) is 4.74 Å². The van der Waals surface area contributed by atoms with Crippen molar-refractivity contribution in [1.82, 2.24) is 9.13 Å². The summed E-state index contributed by atoms with van der Waals surface area (Å²) in [6, 6.07) is 39.5. The van der Waals surface area contributed by atoms with E-state index in [0.717, 1.165) is 24.0 Å². The third-order valence-electron chi connectivity index (χ3n) is 11.5. The highest BCUT2D eigenvalue weighted by Gasteiger charge is 2.58. The van der Waals surface area contributed by atoms with Crippen molar-refractivity contribution in [2.75, 3.05) is 0 Å². The summed E-state index contributed by atoms with van der Waals surface area (Å²) in [5.41, 5.74) is 9.62. The fraction of sp³-hybridized carbons (Fsp3) is 0.244. The second kappa shape index (κ2) is 9.08. The van der Waals surface area contributed by atoms with Gasteiger partial charge in [-0.15, -0.1) is 0 Å². The minimum Gasteiger partial charge on any atom is -0.354 e. The molecule has 0 saturated carbocycles. The molecule has 5 heteroatoms. The molecule has 1 aliphatic carbocycles. The zero-order chi connectivity index (χ0) is 30.9. The maximum absolute atomic E-state index is 15.7. The summed E-state index contributed by atoms with van der Waals surface area (Å²) in [5.74, 6) is 0.310. The van der Waals surface area contributed by atoms with E-state index in [0.29, 0.717) is 6.54 Å². The van der Waals surface area contributed by atoms with E-state index in [2.05, 4.69) is 139 Å². The van der Waals surface area contributed by atoms with Gasteiger partial charge in [0.2, 0.25) is 14.1 Å². The zero-order valence-electron chi connectivity index (χ0n) is 26.5. The van der Waals surface area contributed by atoms with E-state index in [-0.39, 0.29) is 29.2 Å². The standard InChI is InChI=1S/C41H36N2O2Si/c1-41(2,3)46(25-14-6-4-7-15-25,26-16-8-5-9-17-26)42-24-30-34-29-20-12-13-21-31(29)43-33-23-22-32(45-33)35-27-18-10-11-19-28(27)36(37(30)40(42)44)38(35)39(34)43/h4-21,32-33,35H,22-24H2,1-3H3/t32-,33+,35-/m0/s1. The monoisotopic (exact) mass is 616 g/mol. The molecule has 1 amide bonds. The summed E-state index contributed by atoms with van der Waals surface area (Å²) in [6.45, 7) is 7.64. The van der Waals surface area contributed by atoms with Crippen LogP contribution in [-0.2, 0) is 11.3 Å². The van der Waals surface area contributed by atoms with Crippen molar-refractivity contribution in [1.29, 1.82) is 0 Å². The second-order valence-corrected chi connectivity index (χ2v) is 19.2. The van der Waals surface area contributed by atoms with Crippen molar-refractivity contribution < 1.29 is 9.53 Å². The van der Waals surface area contributed by atoms with Gasteiger partial charge in [0.1, 0.15) is 6.23 Å². The molecule has 46 heavy (non-hydrogen) atoms. The fourth-order valence-electron chi connectivity index (χ4n) is 10.00. The maximum Gasteiger partial charge on any atom is 0.247 e. The average Bonchev–Trinajstić information content (AvgIpc) is 3.81. The van der Waals surface area contributed by atoms with Gasteiger partial charge in [-0.25, -0.2) is 0 Å². The highest BCUT2D eigenvalue weighted by molar-refractivity contribution is 7.03. The van der Waals surface area contributed by atoms with Crippen LogP contribution in [0.15, 0.2) is 109 Å². The van der Waals surface area contributed by atoms with Gasteiger partial charge in [-0.2, -0.15) is 0 Å². The minimum atomic E-state index is -2.92. The van der Waals surface area contributed by atoms with Crippen LogP contribution in [0.3, 0.4) is 0 Å². The van der Waals surface area contributed by atoms with Crippen LogP contribution < -0.4 is 10.4 Å². The predicted molar refractivity (Wildman–Crippen MR) is 187 cm³/mol. The number of hydrogen-bond acceptors (Lipinski definition) is 2. The number of benzene rings is 5. The Kier molecular flexibility index (Phi) is 5.28. The van der Waals surface area contributed by atoms with Crippen LogP contribution in [0, 0.1) is 0 Å². The Morgan fingerprint density at radius 3 is 2.13 bits per heavy atom. The van der Waals surface area contributed by atoms with Gasteiger partial charge in [0.05, 0.1) is 22.7 Å². The van der Waals surface area contributed by atoms with Crippen molar-refractivity contribution in [3.8, 4) is 11.1 Å². The molecule has 5 aromatic carbocycles. The molecule has 4 aliphatic rings. The summed E-state index contributed by atoms with van der Waals surface area (Å²) in [4.78, 5) is 15.7. The molecule has 0 unspecified atom stereocenters. The lowest BCUT2D eigenvalue weighted by molar-refractivity contribution is 0.00493. The van der Waals surface area contributed by atoms with E-state index < -0.39 is 8.24 Å².